The lowest BCUT2D eigenvalue weighted by Crippen LogP contribution is -2.47. The van der Waals surface area contributed by atoms with E-state index in [-0.39, 0.29) is 0 Å². The average Bonchev–Trinajstić information content (AvgIpc) is 2.38. The van der Waals surface area contributed by atoms with Gasteiger partial charge >= 0.3 is 8.56 Å². The van der Waals surface area contributed by atoms with Gasteiger partial charge in [-0.2, -0.15) is 0 Å². The van der Waals surface area contributed by atoms with Gasteiger partial charge in [-0.15, -0.1) is 0 Å². The Morgan fingerprint density at radius 1 is 1.24 bits per heavy atom. The van der Waals surface area contributed by atoms with E-state index in [2.05, 4.69) is 6.92 Å². The van der Waals surface area contributed by atoms with Crippen LogP contribution in [0.15, 0.2) is 30.3 Å². The summed E-state index contributed by atoms with van der Waals surface area (Å²) in [4.78, 5) is 0. The van der Waals surface area contributed by atoms with Crippen LogP contribution in [0, 0.1) is 0 Å². The van der Waals surface area contributed by atoms with Gasteiger partial charge < -0.3 is 14.0 Å². The maximum absolute atomic E-state index is 10.5. The van der Waals surface area contributed by atoms with Crippen LogP contribution in [0.3, 0.4) is 0 Å². The highest BCUT2D eigenvalue weighted by Gasteiger charge is 2.44. The van der Waals surface area contributed by atoms with E-state index in [1.165, 1.54) is 0 Å². The van der Waals surface area contributed by atoms with Crippen LogP contribution in [0.5, 0.6) is 0 Å². The summed E-state index contributed by atoms with van der Waals surface area (Å²) >= 11 is 0. The molecule has 2 unspecified atom stereocenters. The average molecular weight is 254 g/mol. The lowest BCUT2D eigenvalue weighted by Gasteiger charge is -2.33. The second kappa shape index (κ2) is 6.91. The zero-order chi connectivity index (χ0) is 12.7. The Kier molecular flexibility index (Phi) is 5.84. The molecule has 17 heavy (non-hydrogen) atoms. The molecule has 0 aliphatic carbocycles. The van der Waals surface area contributed by atoms with Crippen LogP contribution < -0.4 is 0 Å². The monoisotopic (exact) mass is 254 g/mol. The van der Waals surface area contributed by atoms with Gasteiger partial charge in [0.15, 0.2) is 0 Å². The van der Waals surface area contributed by atoms with E-state index in [9.17, 15) is 5.11 Å². The maximum atomic E-state index is 10.5. The van der Waals surface area contributed by atoms with Crippen molar-refractivity contribution in [3.05, 3.63) is 35.9 Å². The number of rotatable bonds is 7. The highest BCUT2D eigenvalue weighted by Crippen LogP contribution is 2.30. The summed E-state index contributed by atoms with van der Waals surface area (Å²) in [5.41, 5.74) is 0.247. The molecule has 0 bridgehead atoms. The van der Waals surface area contributed by atoms with Gasteiger partial charge in [0.05, 0.1) is 0 Å². The fourth-order valence-corrected chi connectivity index (χ4v) is 5.05. The first kappa shape index (κ1) is 14.4. The summed E-state index contributed by atoms with van der Waals surface area (Å²) in [6.45, 7) is 4.59. The van der Waals surface area contributed by atoms with Crippen molar-refractivity contribution in [1.82, 2.24) is 0 Å². The summed E-state index contributed by atoms with van der Waals surface area (Å²) in [6, 6.07) is 10.4. The zero-order valence-electron chi connectivity index (χ0n) is 10.8. The van der Waals surface area contributed by atoms with Gasteiger partial charge in [-0.25, -0.2) is 0 Å². The van der Waals surface area contributed by atoms with Crippen molar-refractivity contribution < 1.29 is 14.0 Å². The SMILES string of the molecule is CCC[Si](OC)(OCC)C(O)c1ccccc1. The fraction of sp³-hybridized carbons (Fsp3) is 0.538. The Labute approximate surface area is 105 Å². The minimum Gasteiger partial charge on any atom is -0.396 e. The molecule has 1 aromatic carbocycles. The van der Waals surface area contributed by atoms with E-state index in [4.69, 9.17) is 8.85 Å². The second-order valence-corrected chi connectivity index (χ2v) is 7.38. The van der Waals surface area contributed by atoms with Crippen LogP contribution in [-0.4, -0.2) is 27.4 Å². The number of benzene rings is 1. The summed E-state index contributed by atoms with van der Waals surface area (Å²) < 4.78 is 11.4. The molecule has 3 nitrogen and oxygen atoms in total. The van der Waals surface area contributed by atoms with Crippen molar-refractivity contribution in [2.75, 3.05) is 13.7 Å². The lowest BCUT2D eigenvalue weighted by molar-refractivity contribution is 0.125. The molecule has 0 saturated heterocycles. The van der Waals surface area contributed by atoms with E-state index in [1.807, 2.05) is 37.3 Å². The van der Waals surface area contributed by atoms with Gasteiger partial charge in [-0.3, -0.25) is 0 Å². The maximum Gasteiger partial charge on any atom is 0.372 e. The molecule has 1 aromatic rings. The van der Waals surface area contributed by atoms with Crippen LogP contribution in [-0.2, 0) is 8.85 Å². The van der Waals surface area contributed by atoms with Gasteiger partial charge in [-0.1, -0.05) is 43.7 Å². The quantitative estimate of drug-likeness (QED) is 0.760. The Balaban J connectivity index is 2.96. The molecule has 0 saturated carbocycles. The molecule has 0 spiro atoms. The van der Waals surface area contributed by atoms with Gasteiger partial charge in [0.1, 0.15) is 5.73 Å². The van der Waals surface area contributed by atoms with E-state index >= 15 is 0 Å². The minimum absolute atomic E-state index is 0.573. The molecule has 0 aliphatic heterocycles. The highest BCUT2D eigenvalue weighted by molar-refractivity contribution is 6.68. The van der Waals surface area contributed by atoms with Crippen LogP contribution >= 0.6 is 0 Å². The first-order valence-electron chi connectivity index (χ1n) is 6.12. The standard InChI is InChI=1S/C13H22O3Si/c1-4-11-17(15-3,16-5-2)13(14)12-9-7-6-8-10-12/h6-10,13-14H,4-5,11H2,1-3H3. The minimum atomic E-state index is -2.56. The Bertz CT molecular complexity index is 310. The van der Waals surface area contributed by atoms with Gasteiger partial charge in [0.25, 0.3) is 0 Å². The molecule has 0 heterocycles. The van der Waals surface area contributed by atoms with Crippen molar-refractivity contribution in [2.24, 2.45) is 0 Å². The van der Waals surface area contributed by atoms with E-state index in [0.29, 0.717) is 6.61 Å². The summed E-state index contributed by atoms with van der Waals surface area (Å²) in [5, 5.41) is 10.5. The lowest BCUT2D eigenvalue weighted by atomic mass is 10.2. The van der Waals surface area contributed by atoms with Crippen LogP contribution in [0.25, 0.3) is 0 Å². The molecular formula is C13H22O3Si. The third-order valence-electron chi connectivity index (χ3n) is 2.86. The molecule has 1 N–H and O–H groups in total. The molecule has 0 aromatic heterocycles. The number of aliphatic hydroxyl groups excluding tert-OH is 1. The molecule has 2 atom stereocenters. The molecule has 0 amide bonds. The summed E-state index contributed by atoms with van der Waals surface area (Å²) in [6.07, 6.45) is 0.948. The largest absolute Gasteiger partial charge is 0.396 e. The molecule has 0 aliphatic rings. The summed E-state index contributed by atoms with van der Waals surface area (Å²) in [7, 11) is -0.916. The van der Waals surface area contributed by atoms with Crippen LogP contribution in [0.4, 0.5) is 0 Å². The third kappa shape index (κ3) is 3.39. The molecule has 0 radical (unpaired) electrons. The molecule has 1 rings (SSSR count). The number of hydrogen-bond donors (Lipinski definition) is 1. The smallest absolute Gasteiger partial charge is 0.372 e. The first-order chi connectivity index (χ1) is 8.20. The van der Waals surface area contributed by atoms with Gasteiger partial charge in [-0.05, 0) is 18.5 Å². The zero-order valence-corrected chi connectivity index (χ0v) is 11.8. The molecule has 96 valence electrons. The summed E-state index contributed by atoms with van der Waals surface area (Å²) in [5.74, 6) is 0. The van der Waals surface area contributed by atoms with Crippen molar-refractivity contribution in [1.29, 1.82) is 0 Å². The molecule has 0 fully saturated rings. The second-order valence-electron chi connectivity index (χ2n) is 4.01. The predicted octanol–water partition coefficient (Wildman–Crippen LogP) is 2.79. The van der Waals surface area contributed by atoms with E-state index < -0.39 is 14.3 Å². The number of hydrogen-bond acceptors (Lipinski definition) is 3. The Morgan fingerprint density at radius 2 is 1.88 bits per heavy atom. The molecule has 4 heteroatoms. The predicted molar refractivity (Wildman–Crippen MR) is 70.9 cm³/mol. The van der Waals surface area contributed by atoms with Crippen LogP contribution in [0.2, 0.25) is 6.04 Å². The van der Waals surface area contributed by atoms with E-state index in [1.54, 1.807) is 7.11 Å². The van der Waals surface area contributed by atoms with Crippen molar-refractivity contribution in [2.45, 2.75) is 32.0 Å². The van der Waals surface area contributed by atoms with Gasteiger partial charge in [0, 0.05) is 13.7 Å². The Morgan fingerprint density at radius 3 is 2.35 bits per heavy atom. The van der Waals surface area contributed by atoms with Crippen molar-refractivity contribution in [3.63, 3.8) is 0 Å². The number of aliphatic hydroxyl groups is 1. The first-order valence-corrected chi connectivity index (χ1v) is 8.22. The normalized spacial score (nSPS) is 16.5. The van der Waals surface area contributed by atoms with E-state index in [0.717, 1.165) is 18.0 Å². The highest BCUT2D eigenvalue weighted by atomic mass is 28.4. The fourth-order valence-electron chi connectivity index (χ4n) is 2.04. The van der Waals surface area contributed by atoms with Gasteiger partial charge in [0.2, 0.25) is 0 Å². The molecular weight excluding hydrogens is 232 g/mol. The third-order valence-corrected chi connectivity index (χ3v) is 6.70. The Hall–Kier alpha value is -0.683. The van der Waals surface area contributed by atoms with Crippen LogP contribution in [0.1, 0.15) is 31.6 Å². The van der Waals surface area contributed by atoms with Crippen molar-refractivity contribution >= 4 is 8.56 Å². The topological polar surface area (TPSA) is 38.7 Å². The van der Waals surface area contributed by atoms with Crippen molar-refractivity contribution in [3.8, 4) is 0 Å².